The smallest absolute Gasteiger partial charge is 1.00 e. The summed E-state index contributed by atoms with van der Waals surface area (Å²) in [6.07, 6.45) is -3.52. The van der Waals surface area contributed by atoms with E-state index >= 15 is 0 Å². The van der Waals surface area contributed by atoms with Gasteiger partial charge < -0.3 is 17.0 Å². The SMILES string of the molecule is CCC1Nc2ccc(C(F)(F)F)cc2N1c1ccc(CCNC(=O)NS(=O)(=O)c2ccc(C)cc2)cc1.[H-].[Na+]. The number of sulfonamides is 1. The molecule has 0 radical (unpaired) electrons. The number of alkyl halides is 3. The second-order valence-electron chi connectivity index (χ2n) is 8.76. The van der Waals surface area contributed by atoms with E-state index < -0.39 is 27.8 Å². The third-order valence-corrected chi connectivity index (χ3v) is 7.42. The molecule has 3 aromatic carbocycles. The first-order valence-corrected chi connectivity index (χ1v) is 13.2. The molecule has 0 aliphatic carbocycles. The van der Waals surface area contributed by atoms with E-state index in [1.54, 1.807) is 12.1 Å². The number of halogens is 3. The van der Waals surface area contributed by atoms with Crippen LogP contribution in [0, 0.1) is 6.92 Å². The second-order valence-corrected chi connectivity index (χ2v) is 10.4. The van der Waals surface area contributed by atoms with E-state index in [0.29, 0.717) is 24.2 Å². The van der Waals surface area contributed by atoms with Gasteiger partial charge in [-0.3, -0.25) is 0 Å². The molecule has 1 aliphatic rings. The molecule has 7 nitrogen and oxygen atoms in total. The average molecular weight is 557 g/mol. The molecule has 2 amide bonds. The third kappa shape index (κ3) is 6.82. The van der Waals surface area contributed by atoms with Crippen molar-refractivity contribution in [3.8, 4) is 0 Å². The van der Waals surface area contributed by atoms with E-state index in [1.807, 2.05) is 47.7 Å². The Morgan fingerprint density at radius 1 is 1.05 bits per heavy atom. The van der Waals surface area contributed by atoms with Gasteiger partial charge in [0.15, 0.2) is 0 Å². The fourth-order valence-corrected chi connectivity index (χ4v) is 5.05. The molecule has 12 heteroatoms. The summed E-state index contributed by atoms with van der Waals surface area (Å²) in [5, 5.41) is 5.79. The predicted molar refractivity (Wildman–Crippen MR) is 137 cm³/mol. The van der Waals surface area contributed by atoms with Crippen molar-refractivity contribution in [2.45, 2.75) is 43.9 Å². The predicted octanol–water partition coefficient (Wildman–Crippen LogP) is 2.66. The van der Waals surface area contributed by atoms with Crippen molar-refractivity contribution in [1.29, 1.82) is 0 Å². The van der Waals surface area contributed by atoms with Gasteiger partial charge in [-0.2, -0.15) is 13.2 Å². The number of rotatable bonds is 7. The Bertz CT molecular complexity index is 1390. The molecule has 38 heavy (non-hydrogen) atoms. The van der Waals surface area contributed by atoms with Crippen molar-refractivity contribution in [2.75, 3.05) is 16.8 Å². The van der Waals surface area contributed by atoms with E-state index in [1.165, 1.54) is 18.2 Å². The first-order chi connectivity index (χ1) is 17.5. The topological polar surface area (TPSA) is 90.5 Å². The quantitative estimate of drug-likeness (QED) is 0.390. The molecule has 0 saturated heterocycles. The fourth-order valence-electron chi connectivity index (χ4n) is 4.12. The van der Waals surface area contributed by atoms with Gasteiger partial charge in [0.2, 0.25) is 0 Å². The average Bonchev–Trinajstić information content (AvgIpc) is 3.22. The maximum atomic E-state index is 13.3. The second kappa shape index (κ2) is 12.0. The summed E-state index contributed by atoms with van der Waals surface area (Å²) in [5.74, 6) is 0. The van der Waals surface area contributed by atoms with Crippen molar-refractivity contribution >= 4 is 33.1 Å². The van der Waals surface area contributed by atoms with Gasteiger partial charge in [0.05, 0.1) is 21.8 Å². The van der Waals surface area contributed by atoms with Crippen LogP contribution in [-0.4, -0.2) is 27.2 Å². The molecule has 4 rings (SSSR count). The van der Waals surface area contributed by atoms with Crippen molar-refractivity contribution < 1.29 is 57.4 Å². The van der Waals surface area contributed by atoms with Gasteiger partial charge in [0, 0.05) is 12.2 Å². The Kier molecular flexibility index (Phi) is 9.40. The molecule has 1 heterocycles. The number of hydrogen-bond acceptors (Lipinski definition) is 5. The van der Waals surface area contributed by atoms with E-state index in [2.05, 4.69) is 10.6 Å². The standard InChI is InChI=1S/C26H27F3N4O3S.Na.H/c1-3-24-31-22-13-8-19(26(27,28)29)16-23(22)33(24)20-9-6-18(7-10-20)14-15-30-25(34)32-37(35,36)21-11-4-17(2)5-12-21;;/h4-13,16,24,31H,3,14-15H2,1-2H3,(H2,30,32,34);;/q;+1;-1. The van der Waals surface area contributed by atoms with Crippen LogP contribution in [-0.2, 0) is 22.6 Å². The number of urea groups is 1. The first kappa shape index (κ1) is 29.8. The van der Waals surface area contributed by atoms with Crippen molar-refractivity contribution in [2.24, 2.45) is 0 Å². The number of anilines is 3. The Labute approximate surface area is 243 Å². The summed E-state index contributed by atoms with van der Waals surface area (Å²) in [5.41, 5.74) is 2.89. The molecule has 1 atom stereocenters. The monoisotopic (exact) mass is 556 g/mol. The molecule has 3 N–H and O–H groups in total. The summed E-state index contributed by atoms with van der Waals surface area (Å²) < 4.78 is 66.5. The van der Waals surface area contributed by atoms with Gasteiger partial charge in [-0.25, -0.2) is 17.9 Å². The number of fused-ring (bicyclic) bond motifs is 1. The molecule has 1 unspecified atom stereocenters. The van der Waals surface area contributed by atoms with E-state index in [0.717, 1.165) is 28.9 Å². The summed E-state index contributed by atoms with van der Waals surface area (Å²) in [4.78, 5) is 13.9. The normalized spacial score (nSPS) is 14.8. The van der Waals surface area contributed by atoms with Gasteiger partial charge in [0.25, 0.3) is 10.0 Å². The zero-order valence-electron chi connectivity index (χ0n) is 22.3. The minimum absolute atomic E-state index is 0. The van der Waals surface area contributed by atoms with Crippen molar-refractivity contribution in [3.63, 3.8) is 0 Å². The number of hydrogen-bond donors (Lipinski definition) is 3. The zero-order valence-corrected chi connectivity index (χ0v) is 24.1. The first-order valence-electron chi connectivity index (χ1n) is 11.7. The van der Waals surface area contributed by atoms with Gasteiger partial charge in [0.1, 0.15) is 6.17 Å². The number of carbonyl (C=O) groups is 1. The van der Waals surface area contributed by atoms with Crippen LogP contribution in [0.25, 0.3) is 0 Å². The molecule has 0 fully saturated rings. The number of nitrogens with zero attached hydrogens (tertiary/aromatic N) is 1. The van der Waals surface area contributed by atoms with Crippen LogP contribution in [0.2, 0.25) is 0 Å². The summed E-state index contributed by atoms with van der Waals surface area (Å²) in [6, 6.07) is 16.3. The fraction of sp³-hybridized carbons (Fsp3) is 0.269. The van der Waals surface area contributed by atoms with Crippen LogP contribution >= 0.6 is 0 Å². The van der Waals surface area contributed by atoms with Gasteiger partial charge >= 0.3 is 41.8 Å². The minimum atomic E-state index is -4.44. The molecule has 0 aromatic heterocycles. The van der Waals surface area contributed by atoms with Gasteiger partial charge in [-0.05, 0) is 67.8 Å². The number of aryl methyl sites for hydroxylation is 1. The number of benzene rings is 3. The van der Waals surface area contributed by atoms with Gasteiger partial charge in [-0.1, -0.05) is 36.8 Å². The number of amides is 2. The van der Waals surface area contributed by atoms with E-state index in [-0.39, 0.29) is 48.6 Å². The maximum absolute atomic E-state index is 13.3. The van der Waals surface area contributed by atoms with Crippen LogP contribution in [0.5, 0.6) is 0 Å². The van der Waals surface area contributed by atoms with Crippen molar-refractivity contribution in [3.05, 3.63) is 83.4 Å². The molecule has 3 aromatic rings. The number of nitrogens with one attached hydrogen (secondary N) is 3. The van der Waals surface area contributed by atoms with E-state index in [9.17, 15) is 26.4 Å². The molecular formula is C26H28F3N4NaO3S. The molecule has 0 bridgehead atoms. The Morgan fingerprint density at radius 3 is 2.32 bits per heavy atom. The molecule has 0 spiro atoms. The van der Waals surface area contributed by atoms with Crippen LogP contribution in [0.3, 0.4) is 0 Å². The Hall–Kier alpha value is -2.73. The zero-order chi connectivity index (χ0) is 26.8. The van der Waals surface area contributed by atoms with Crippen LogP contribution in [0.4, 0.5) is 35.0 Å². The summed E-state index contributed by atoms with van der Waals surface area (Å²) >= 11 is 0. The van der Waals surface area contributed by atoms with Crippen LogP contribution in [0.15, 0.2) is 71.6 Å². The van der Waals surface area contributed by atoms with Crippen molar-refractivity contribution in [1.82, 2.24) is 10.0 Å². The Morgan fingerprint density at radius 2 is 1.71 bits per heavy atom. The molecular weight excluding hydrogens is 528 g/mol. The Balaban J connectivity index is 0.00000267. The minimum Gasteiger partial charge on any atom is -1.00 e. The van der Waals surface area contributed by atoms with Gasteiger partial charge in [-0.15, -0.1) is 0 Å². The largest absolute Gasteiger partial charge is 1.00 e. The molecule has 198 valence electrons. The number of carbonyl (C=O) groups excluding carboxylic acids is 1. The summed E-state index contributed by atoms with van der Waals surface area (Å²) in [7, 11) is -3.97. The van der Waals surface area contributed by atoms with Crippen LogP contribution in [0.1, 0.15) is 31.5 Å². The third-order valence-electron chi connectivity index (χ3n) is 6.08. The van der Waals surface area contributed by atoms with E-state index in [4.69, 9.17) is 0 Å². The molecule has 0 saturated carbocycles. The summed E-state index contributed by atoms with van der Waals surface area (Å²) in [6.45, 7) is 3.97. The maximum Gasteiger partial charge on any atom is 1.00 e. The molecule has 1 aliphatic heterocycles. The van der Waals surface area contributed by atoms with Crippen LogP contribution < -0.4 is 49.8 Å².